The van der Waals surface area contributed by atoms with Crippen molar-refractivity contribution in [3.8, 4) is 0 Å². The summed E-state index contributed by atoms with van der Waals surface area (Å²) in [6, 6.07) is 0. The van der Waals surface area contributed by atoms with E-state index in [1.807, 2.05) is 0 Å². The van der Waals surface area contributed by atoms with Gasteiger partial charge in [0.25, 0.3) is 0 Å². The van der Waals surface area contributed by atoms with Gasteiger partial charge in [-0.15, -0.1) is 0 Å². The van der Waals surface area contributed by atoms with Gasteiger partial charge in [0, 0.05) is 20.7 Å². The molecule has 0 saturated carbocycles. The van der Waals surface area contributed by atoms with Crippen molar-refractivity contribution in [1.29, 1.82) is 0 Å². The lowest BCUT2D eigenvalue weighted by atomic mass is 10.2. The molecular formula is C8H13N3O2. The average Bonchev–Trinajstić information content (AvgIpc) is 2.70. The average molecular weight is 183 g/mol. The van der Waals surface area contributed by atoms with E-state index in [0.29, 0.717) is 0 Å². The monoisotopic (exact) mass is 183 g/mol. The summed E-state index contributed by atoms with van der Waals surface area (Å²) in [5.41, 5.74) is -0.0921. The second-order valence-corrected chi connectivity index (χ2v) is 3.33. The Morgan fingerprint density at radius 3 is 2.77 bits per heavy atom. The Kier molecular flexibility index (Phi) is 1.95. The number of ether oxygens (including phenoxy) is 1. The van der Waals surface area contributed by atoms with Gasteiger partial charge in [-0.3, -0.25) is 4.57 Å². The van der Waals surface area contributed by atoms with Gasteiger partial charge in [0.2, 0.25) is 0 Å². The third kappa shape index (κ3) is 1.29. The van der Waals surface area contributed by atoms with Crippen LogP contribution in [0.1, 0.15) is 24.8 Å². The van der Waals surface area contributed by atoms with Gasteiger partial charge in [-0.2, -0.15) is 5.10 Å². The van der Waals surface area contributed by atoms with Crippen LogP contribution in [0.15, 0.2) is 4.79 Å². The fourth-order valence-electron chi connectivity index (χ4n) is 1.64. The van der Waals surface area contributed by atoms with Crippen LogP contribution in [-0.4, -0.2) is 21.0 Å². The van der Waals surface area contributed by atoms with Crippen LogP contribution >= 0.6 is 0 Å². The Morgan fingerprint density at radius 1 is 1.54 bits per heavy atom. The molecule has 1 unspecified atom stereocenters. The lowest BCUT2D eigenvalue weighted by Gasteiger charge is -2.06. The number of hydrogen-bond acceptors (Lipinski definition) is 3. The summed E-state index contributed by atoms with van der Waals surface area (Å²) < 4.78 is 8.35. The van der Waals surface area contributed by atoms with E-state index in [1.165, 1.54) is 4.68 Å². The van der Waals surface area contributed by atoms with Crippen molar-refractivity contribution in [2.24, 2.45) is 14.1 Å². The molecule has 0 aromatic carbocycles. The molecule has 5 heteroatoms. The molecule has 2 heterocycles. The van der Waals surface area contributed by atoms with Crippen LogP contribution in [0.3, 0.4) is 0 Å². The van der Waals surface area contributed by atoms with Crippen molar-refractivity contribution in [1.82, 2.24) is 14.3 Å². The van der Waals surface area contributed by atoms with Gasteiger partial charge < -0.3 is 4.74 Å². The molecule has 1 saturated heterocycles. The number of aryl methyl sites for hydroxylation is 1. The van der Waals surface area contributed by atoms with Crippen molar-refractivity contribution in [2.45, 2.75) is 18.9 Å². The predicted octanol–water partition coefficient (Wildman–Crippen LogP) is -0.0297. The Morgan fingerprint density at radius 2 is 2.31 bits per heavy atom. The molecule has 1 aliphatic rings. The van der Waals surface area contributed by atoms with E-state index in [4.69, 9.17) is 4.74 Å². The molecular weight excluding hydrogens is 170 g/mol. The van der Waals surface area contributed by atoms with Gasteiger partial charge in [0.05, 0.1) is 0 Å². The van der Waals surface area contributed by atoms with Gasteiger partial charge >= 0.3 is 5.69 Å². The van der Waals surface area contributed by atoms with E-state index in [0.717, 1.165) is 25.3 Å². The summed E-state index contributed by atoms with van der Waals surface area (Å²) in [4.78, 5) is 11.4. The summed E-state index contributed by atoms with van der Waals surface area (Å²) in [5.74, 6) is 0.741. The molecule has 5 nitrogen and oxygen atoms in total. The molecule has 0 spiro atoms. The number of nitrogens with zero attached hydrogens (tertiary/aromatic N) is 3. The molecule has 0 amide bonds. The van der Waals surface area contributed by atoms with Crippen LogP contribution in [0.2, 0.25) is 0 Å². The maximum atomic E-state index is 11.4. The van der Waals surface area contributed by atoms with Crippen molar-refractivity contribution >= 4 is 0 Å². The summed E-state index contributed by atoms with van der Waals surface area (Å²) in [5, 5.41) is 4.13. The standard InChI is InChI=1S/C8H13N3O2/c1-10-7(6-4-3-5-13-6)9-11(2)8(10)12/h6H,3-5H2,1-2H3. The zero-order valence-corrected chi connectivity index (χ0v) is 7.86. The highest BCUT2D eigenvalue weighted by Crippen LogP contribution is 2.25. The summed E-state index contributed by atoms with van der Waals surface area (Å²) in [6.07, 6.45) is 2.03. The van der Waals surface area contributed by atoms with E-state index in [9.17, 15) is 4.79 Å². The molecule has 1 fully saturated rings. The van der Waals surface area contributed by atoms with Gasteiger partial charge in [-0.1, -0.05) is 0 Å². The summed E-state index contributed by atoms with van der Waals surface area (Å²) in [6.45, 7) is 0.773. The normalized spacial score (nSPS) is 22.5. The molecule has 13 heavy (non-hydrogen) atoms. The van der Waals surface area contributed by atoms with Gasteiger partial charge in [-0.05, 0) is 12.8 Å². The first-order chi connectivity index (χ1) is 6.20. The third-order valence-electron chi connectivity index (χ3n) is 2.38. The SMILES string of the molecule is Cn1nc(C2CCCO2)n(C)c1=O. The molecule has 1 aliphatic heterocycles. The Hall–Kier alpha value is -1.10. The smallest absolute Gasteiger partial charge is 0.345 e. The number of aromatic nitrogens is 3. The molecule has 1 aromatic rings. The lowest BCUT2D eigenvalue weighted by molar-refractivity contribution is 0.102. The van der Waals surface area contributed by atoms with E-state index >= 15 is 0 Å². The van der Waals surface area contributed by atoms with Gasteiger partial charge in [-0.25, -0.2) is 9.48 Å². The fourth-order valence-corrected chi connectivity index (χ4v) is 1.64. The minimum atomic E-state index is -0.0921. The van der Waals surface area contributed by atoms with Crippen LogP contribution in [0, 0.1) is 0 Å². The second-order valence-electron chi connectivity index (χ2n) is 3.33. The molecule has 0 bridgehead atoms. The van der Waals surface area contributed by atoms with E-state index in [1.54, 1.807) is 18.7 Å². The van der Waals surface area contributed by atoms with Crippen LogP contribution < -0.4 is 5.69 Å². The first-order valence-corrected chi connectivity index (χ1v) is 4.41. The van der Waals surface area contributed by atoms with Crippen molar-refractivity contribution in [2.75, 3.05) is 6.61 Å². The minimum Gasteiger partial charge on any atom is -0.370 e. The fraction of sp³-hybridized carbons (Fsp3) is 0.750. The van der Waals surface area contributed by atoms with E-state index in [2.05, 4.69) is 5.10 Å². The predicted molar refractivity (Wildman–Crippen MR) is 46.4 cm³/mol. The Labute approximate surface area is 75.9 Å². The van der Waals surface area contributed by atoms with Gasteiger partial charge in [0.1, 0.15) is 6.10 Å². The Bertz CT molecular complexity index is 360. The first kappa shape index (κ1) is 8.50. The number of hydrogen-bond donors (Lipinski definition) is 0. The topological polar surface area (TPSA) is 49.0 Å². The van der Waals surface area contributed by atoms with Crippen molar-refractivity contribution in [3.63, 3.8) is 0 Å². The van der Waals surface area contributed by atoms with Crippen LogP contribution in [0.5, 0.6) is 0 Å². The Balaban J connectivity index is 2.39. The highest BCUT2D eigenvalue weighted by atomic mass is 16.5. The van der Waals surface area contributed by atoms with Crippen LogP contribution in [0.25, 0.3) is 0 Å². The van der Waals surface area contributed by atoms with Crippen molar-refractivity contribution in [3.05, 3.63) is 16.3 Å². The molecule has 1 aromatic heterocycles. The van der Waals surface area contributed by atoms with Gasteiger partial charge in [0.15, 0.2) is 5.82 Å². The molecule has 1 atom stereocenters. The third-order valence-corrected chi connectivity index (χ3v) is 2.38. The maximum Gasteiger partial charge on any atom is 0.345 e. The molecule has 2 rings (SSSR count). The lowest BCUT2D eigenvalue weighted by Crippen LogP contribution is -2.21. The molecule has 0 aliphatic carbocycles. The first-order valence-electron chi connectivity index (χ1n) is 4.41. The van der Waals surface area contributed by atoms with Crippen LogP contribution in [-0.2, 0) is 18.8 Å². The zero-order valence-electron chi connectivity index (χ0n) is 7.86. The minimum absolute atomic E-state index is 0.0129. The summed E-state index contributed by atoms with van der Waals surface area (Å²) in [7, 11) is 3.38. The number of rotatable bonds is 1. The largest absolute Gasteiger partial charge is 0.370 e. The molecule has 0 radical (unpaired) electrons. The second kappa shape index (κ2) is 2.99. The zero-order chi connectivity index (χ0) is 9.42. The summed E-state index contributed by atoms with van der Waals surface area (Å²) >= 11 is 0. The maximum absolute atomic E-state index is 11.4. The highest BCUT2D eigenvalue weighted by molar-refractivity contribution is 4.93. The molecule has 72 valence electrons. The quantitative estimate of drug-likeness (QED) is 0.614. The highest BCUT2D eigenvalue weighted by Gasteiger charge is 2.23. The van der Waals surface area contributed by atoms with E-state index in [-0.39, 0.29) is 11.8 Å². The van der Waals surface area contributed by atoms with E-state index < -0.39 is 0 Å². The molecule has 0 N–H and O–H groups in total. The van der Waals surface area contributed by atoms with Crippen LogP contribution in [0.4, 0.5) is 0 Å². The van der Waals surface area contributed by atoms with Crippen molar-refractivity contribution < 1.29 is 4.74 Å².